The van der Waals surface area contributed by atoms with Crippen molar-refractivity contribution >= 4 is 22.5 Å². The molecule has 6 heteroatoms. The Hall–Kier alpha value is -3.15. The lowest BCUT2D eigenvalue weighted by atomic mass is 10.1. The highest BCUT2D eigenvalue weighted by atomic mass is 16.7. The number of H-pyrrole nitrogens is 1. The van der Waals surface area contributed by atoms with Gasteiger partial charge in [-0.25, -0.2) is 0 Å². The first kappa shape index (κ1) is 14.4. The monoisotopic (exact) mass is 324 g/mol. The Balaban J connectivity index is 1.52. The number of methoxy groups -OCH3 is 1. The Kier molecular flexibility index (Phi) is 3.49. The van der Waals surface area contributed by atoms with Crippen LogP contribution < -0.4 is 19.5 Å². The minimum absolute atomic E-state index is 0.0995. The number of aromatic amines is 1. The molecule has 0 saturated heterocycles. The van der Waals surface area contributed by atoms with Gasteiger partial charge in [0.05, 0.1) is 19.0 Å². The third kappa shape index (κ3) is 2.52. The van der Waals surface area contributed by atoms with Gasteiger partial charge in [-0.3, -0.25) is 4.79 Å². The molecule has 122 valence electrons. The van der Waals surface area contributed by atoms with Gasteiger partial charge in [0.2, 0.25) is 12.7 Å². The van der Waals surface area contributed by atoms with Gasteiger partial charge in [0.25, 0.3) is 0 Å². The summed E-state index contributed by atoms with van der Waals surface area (Å²) in [7, 11) is 1.63. The van der Waals surface area contributed by atoms with E-state index in [1.54, 1.807) is 25.3 Å². The fraction of sp³-hybridized carbons (Fsp3) is 0.167. The largest absolute Gasteiger partial charge is 0.495 e. The van der Waals surface area contributed by atoms with E-state index in [-0.39, 0.29) is 19.1 Å². The highest BCUT2D eigenvalue weighted by Gasteiger charge is 2.15. The van der Waals surface area contributed by atoms with Gasteiger partial charge >= 0.3 is 0 Å². The van der Waals surface area contributed by atoms with Gasteiger partial charge < -0.3 is 24.5 Å². The number of anilines is 1. The van der Waals surface area contributed by atoms with Crippen LogP contribution in [0.2, 0.25) is 0 Å². The normalized spacial score (nSPS) is 12.4. The average molecular weight is 324 g/mol. The molecule has 3 aromatic rings. The summed E-state index contributed by atoms with van der Waals surface area (Å²) < 4.78 is 15.9. The third-order valence-electron chi connectivity index (χ3n) is 3.99. The maximum Gasteiger partial charge on any atom is 0.231 e. The maximum absolute atomic E-state index is 12.3. The predicted octanol–water partition coefficient (Wildman–Crippen LogP) is 3.09. The summed E-state index contributed by atoms with van der Waals surface area (Å²) >= 11 is 0. The maximum atomic E-state index is 12.3. The average Bonchev–Trinajstić information content (AvgIpc) is 3.21. The first-order valence-electron chi connectivity index (χ1n) is 7.57. The number of amides is 1. The van der Waals surface area contributed by atoms with Crippen LogP contribution in [0.4, 0.5) is 5.69 Å². The van der Waals surface area contributed by atoms with E-state index in [4.69, 9.17) is 14.2 Å². The molecule has 1 aliphatic heterocycles. The zero-order valence-electron chi connectivity index (χ0n) is 13.1. The standard InChI is InChI=1S/C18H16N2O4/c1-22-15-4-2-3-13-11(9-19-18(13)15)7-17(21)20-12-5-6-14-16(8-12)24-10-23-14/h2-6,8-9,19H,7,10H2,1H3,(H,20,21). The summed E-state index contributed by atoms with van der Waals surface area (Å²) in [5.74, 6) is 1.99. The number of nitrogens with one attached hydrogen (secondary N) is 2. The molecule has 2 heterocycles. The van der Waals surface area contributed by atoms with Crippen LogP contribution in [-0.4, -0.2) is 24.8 Å². The van der Waals surface area contributed by atoms with Crippen molar-refractivity contribution < 1.29 is 19.0 Å². The van der Waals surface area contributed by atoms with E-state index < -0.39 is 0 Å². The predicted molar refractivity (Wildman–Crippen MR) is 89.7 cm³/mol. The minimum atomic E-state index is -0.0995. The Morgan fingerprint density at radius 2 is 2.12 bits per heavy atom. The molecule has 0 saturated carbocycles. The van der Waals surface area contributed by atoms with Crippen LogP contribution in [0, 0.1) is 0 Å². The van der Waals surface area contributed by atoms with E-state index in [1.807, 2.05) is 24.4 Å². The lowest BCUT2D eigenvalue weighted by molar-refractivity contribution is -0.115. The van der Waals surface area contributed by atoms with Crippen LogP contribution >= 0.6 is 0 Å². The number of carbonyl (C=O) groups excluding carboxylic acids is 1. The molecule has 6 nitrogen and oxygen atoms in total. The number of fused-ring (bicyclic) bond motifs is 2. The van der Waals surface area contributed by atoms with Crippen molar-refractivity contribution in [3.05, 3.63) is 48.2 Å². The summed E-state index contributed by atoms with van der Waals surface area (Å²) in [6, 6.07) is 11.1. The van der Waals surface area contributed by atoms with Gasteiger partial charge in [-0.1, -0.05) is 12.1 Å². The van der Waals surface area contributed by atoms with Crippen LogP contribution in [-0.2, 0) is 11.2 Å². The molecule has 1 aromatic heterocycles. The fourth-order valence-corrected chi connectivity index (χ4v) is 2.85. The lowest BCUT2D eigenvalue weighted by Gasteiger charge is -2.06. The van der Waals surface area contributed by atoms with Crippen molar-refractivity contribution in [2.24, 2.45) is 0 Å². The van der Waals surface area contributed by atoms with E-state index in [1.165, 1.54) is 0 Å². The fourth-order valence-electron chi connectivity index (χ4n) is 2.85. The number of para-hydroxylation sites is 1. The van der Waals surface area contributed by atoms with E-state index >= 15 is 0 Å². The van der Waals surface area contributed by atoms with Crippen molar-refractivity contribution in [3.63, 3.8) is 0 Å². The Morgan fingerprint density at radius 1 is 1.25 bits per heavy atom. The molecule has 2 aromatic carbocycles. The van der Waals surface area contributed by atoms with Crippen molar-refractivity contribution in [3.8, 4) is 17.2 Å². The van der Waals surface area contributed by atoms with Crippen LogP contribution in [0.5, 0.6) is 17.2 Å². The molecule has 4 rings (SSSR count). The van der Waals surface area contributed by atoms with Crippen LogP contribution in [0.1, 0.15) is 5.56 Å². The first-order chi connectivity index (χ1) is 11.7. The van der Waals surface area contributed by atoms with Gasteiger partial charge in [0.1, 0.15) is 5.75 Å². The van der Waals surface area contributed by atoms with Crippen molar-refractivity contribution in [1.29, 1.82) is 0 Å². The van der Waals surface area contributed by atoms with E-state index in [0.717, 1.165) is 22.2 Å². The summed E-state index contributed by atoms with van der Waals surface area (Å²) in [6.07, 6.45) is 2.11. The molecule has 24 heavy (non-hydrogen) atoms. The molecule has 0 unspecified atom stereocenters. The molecule has 0 spiro atoms. The molecule has 0 bridgehead atoms. The van der Waals surface area contributed by atoms with Crippen molar-refractivity contribution in [2.75, 3.05) is 19.2 Å². The summed E-state index contributed by atoms with van der Waals surface area (Å²) in [4.78, 5) is 15.5. The number of carbonyl (C=O) groups is 1. The smallest absolute Gasteiger partial charge is 0.231 e. The zero-order valence-corrected chi connectivity index (χ0v) is 13.1. The second-order valence-corrected chi connectivity index (χ2v) is 5.49. The van der Waals surface area contributed by atoms with Crippen LogP contribution in [0.25, 0.3) is 10.9 Å². The number of benzene rings is 2. The molecule has 0 atom stereocenters. The summed E-state index contributed by atoms with van der Waals surface area (Å²) in [6.45, 7) is 0.212. The second kappa shape index (κ2) is 5.81. The first-order valence-corrected chi connectivity index (χ1v) is 7.57. The number of rotatable bonds is 4. The topological polar surface area (TPSA) is 72.6 Å². The minimum Gasteiger partial charge on any atom is -0.495 e. The van der Waals surface area contributed by atoms with Crippen LogP contribution in [0.15, 0.2) is 42.6 Å². The quantitative estimate of drug-likeness (QED) is 0.773. The summed E-state index contributed by atoms with van der Waals surface area (Å²) in [5.41, 5.74) is 2.50. The number of hydrogen-bond donors (Lipinski definition) is 2. The molecular weight excluding hydrogens is 308 g/mol. The van der Waals surface area contributed by atoms with Crippen molar-refractivity contribution in [1.82, 2.24) is 4.98 Å². The van der Waals surface area contributed by atoms with Gasteiger partial charge in [0.15, 0.2) is 11.5 Å². The second-order valence-electron chi connectivity index (χ2n) is 5.49. The van der Waals surface area contributed by atoms with Crippen molar-refractivity contribution in [2.45, 2.75) is 6.42 Å². The van der Waals surface area contributed by atoms with Gasteiger partial charge in [-0.2, -0.15) is 0 Å². The highest BCUT2D eigenvalue weighted by molar-refractivity contribution is 5.97. The molecular formula is C18H16N2O4. The van der Waals surface area contributed by atoms with E-state index in [0.29, 0.717) is 17.2 Å². The van der Waals surface area contributed by atoms with Gasteiger partial charge in [0, 0.05) is 23.3 Å². The molecule has 0 aliphatic carbocycles. The molecule has 2 N–H and O–H groups in total. The Bertz CT molecular complexity index is 917. The van der Waals surface area contributed by atoms with E-state index in [2.05, 4.69) is 10.3 Å². The molecule has 0 radical (unpaired) electrons. The molecule has 1 amide bonds. The molecule has 1 aliphatic rings. The number of hydrogen-bond acceptors (Lipinski definition) is 4. The summed E-state index contributed by atoms with van der Waals surface area (Å²) in [5, 5.41) is 3.87. The Labute approximate surface area is 138 Å². The SMILES string of the molecule is COc1cccc2c(CC(=O)Nc3ccc4c(c3)OCO4)c[nH]c12. The number of aromatic nitrogens is 1. The third-order valence-corrected chi connectivity index (χ3v) is 3.99. The van der Waals surface area contributed by atoms with E-state index in [9.17, 15) is 4.79 Å². The zero-order chi connectivity index (χ0) is 16.5. The highest BCUT2D eigenvalue weighted by Crippen LogP contribution is 2.34. The van der Waals surface area contributed by atoms with Gasteiger partial charge in [-0.05, 0) is 23.8 Å². The Morgan fingerprint density at radius 3 is 3.00 bits per heavy atom. The van der Waals surface area contributed by atoms with Gasteiger partial charge in [-0.15, -0.1) is 0 Å². The molecule has 0 fully saturated rings. The lowest BCUT2D eigenvalue weighted by Crippen LogP contribution is -2.14. The number of ether oxygens (including phenoxy) is 3. The van der Waals surface area contributed by atoms with Crippen LogP contribution in [0.3, 0.4) is 0 Å².